The number of carbonyl (C=O) groups is 1. The van der Waals surface area contributed by atoms with Crippen molar-refractivity contribution in [2.24, 2.45) is 5.92 Å². The first-order valence-electron chi connectivity index (χ1n) is 6.67. The quantitative estimate of drug-likeness (QED) is 0.725. The molecule has 1 aliphatic heterocycles. The molecule has 1 saturated heterocycles. The molecular formula is C13H25NO2. The molecule has 0 aromatic rings. The molecule has 0 aromatic carbocycles. The van der Waals surface area contributed by atoms with E-state index in [9.17, 15) is 4.79 Å². The molecule has 1 heterocycles. The molecule has 3 heteroatoms. The molecule has 94 valence electrons. The van der Waals surface area contributed by atoms with E-state index in [0.717, 1.165) is 45.1 Å². The molecule has 0 unspecified atom stereocenters. The Morgan fingerprint density at radius 2 is 2.31 bits per heavy atom. The SMILES string of the molecule is CCCC[C@H](CC)C(=O)NC[C@@H]1CCCO1. The molecule has 0 radical (unpaired) electrons. The Bertz CT molecular complexity index is 200. The van der Waals surface area contributed by atoms with Crippen molar-refractivity contribution in [2.45, 2.75) is 58.5 Å². The van der Waals surface area contributed by atoms with Crippen molar-refractivity contribution in [3.8, 4) is 0 Å². The summed E-state index contributed by atoms with van der Waals surface area (Å²) in [6.07, 6.45) is 6.75. The van der Waals surface area contributed by atoms with Gasteiger partial charge in [-0.05, 0) is 25.7 Å². The number of ether oxygens (including phenoxy) is 1. The highest BCUT2D eigenvalue weighted by Crippen LogP contribution is 2.14. The summed E-state index contributed by atoms with van der Waals surface area (Å²) in [6, 6.07) is 0. The minimum Gasteiger partial charge on any atom is -0.376 e. The Morgan fingerprint density at radius 3 is 2.88 bits per heavy atom. The van der Waals surface area contributed by atoms with Crippen molar-refractivity contribution in [1.82, 2.24) is 5.32 Å². The maximum absolute atomic E-state index is 11.9. The first-order valence-corrected chi connectivity index (χ1v) is 6.67. The molecule has 0 spiro atoms. The molecule has 1 rings (SSSR count). The second-order valence-electron chi connectivity index (χ2n) is 4.63. The number of nitrogens with one attached hydrogen (secondary N) is 1. The van der Waals surface area contributed by atoms with E-state index in [0.29, 0.717) is 6.54 Å². The van der Waals surface area contributed by atoms with Gasteiger partial charge in [0.25, 0.3) is 0 Å². The lowest BCUT2D eigenvalue weighted by Gasteiger charge is -2.16. The van der Waals surface area contributed by atoms with E-state index in [4.69, 9.17) is 4.74 Å². The van der Waals surface area contributed by atoms with Crippen molar-refractivity contribution in [2.75, 3.05) is 13.2 Å². The van der Waals surface area contributed by atoms with Crippen LogP contribution in [0.4, 0.5) is 0 Å². The van der Waals surface area contributed by atoms with Crippen molar-refractivity contribution < 1.29 is 9.53 Å². The molecule has 2 atom stereocenters. The lowest BCUT2D eigenvalue weighted by molar-refractivity contribution is -0.125. The summed E-state index contributed by atoms with van der Waals surface area (Å²) in [7, 11) is 0. The highest BCUT2D eigenvalue weighted by atomic mass is 16.5. The number of unbranched alkanes of at least 4 members (excludes halogenated alkanes) is 1. The van der Waals surface area contributed by atoms with Gasteiger partial charge >= 0.3 is 0 Å². The molecule has 1 aliphatic rings. The molecule has 3 nitrogen and oxygen atoms in total. The summed E-state index contributed by atoms with van der Waals surface area (Å²) >= 11 is 0. The van der Waals surface area contributed by atoms with E-state index in [-0.39, 0.29) is 17.9 Å². The zero-order valence-electron chi connectivity index (χ0n) is 10.6. The number of amides is 1. The first kappa shape index (κ1) is 13.5. The van der Waals surface area contributed by atoms with Crippen LogP contribution in [0.15, 0.2) is 0 Å². The highest BCUT2D eigenvalue weighted by Gasteiger charge is 2.19. The average Bonchev–Trinajstić information content (AvgIpc) is 2.80. The van der Waals surface area contributed by atoms with Gasteiger partial charge in [0, 0.05) is 19.1 Å². The zero-order chi connectivity index (χ0) is 11.8. The van der Waals surface area contributed by atoms with Gasteiger partial charge in [-0.1, -0.05) is 26.7 Å². The summed E-state index contributed by atoms with van der Waals surface area (Å²) < 4.78 is 5.48. The van der Waals surface area contributed by atoms with Gasteiger partial charge in [0.15, 0.2) is 0 Å². The van der Waals surface area contributed by atoms with E-state index in [1.54, 1.807) is 0 Å². The van der Waals surface area contributed by atoms with Gasteiger partial charge in [0.2, 0.25) is 5.91 Å². The molecule has 0 saturated carbocycles. The summed E-state index contributed by atoms with van der Waals surface area (Å²) in [5.41, 5.74) is 0. The van der Waals surface area contributed by atoms with Crippen molar-refractivity contribution in [1.29, 1.82) is 0 Å². The standard InChI is InChI=1S/C13H25NO2/c1-3-5-7-11(4-2)13(15)14-10-12-8-6-9-16-12/h11-12H,3-10H2,1-2H3,(H,14,15)/t11-,12-/m0/s1. The summed E-state index contributed by atoms with van der Waals surface area (Å²) in [4.78, 5) is 11.9. The van der Waals surface area contributed by atoms with Gasteiger partial charge in [-0.25, -0.2) is 0 Å². The Hall–Kier alpha value is -0.570. The zero-order valence-corrected chi connectivity index (χ0v) is 10.6. The maximum atomic E-state index is 11.9. The third kappa shape index (κ3) is 4.52. The Kier molecular flexibility index (Phi) is 6.46. The van der Waals surface area contributed by atoms with Gasteiger partial charge in [0.05, 0.1) is 6.10 Å². The second kappa shape index (κ2) is 7.66. The lowest BCUT2D eigenvalue weighted by Crippen LogP contribution is -2.36. The van der Waals surface area contributed by atoms with E-state index >= 15 is 0 Å². The van der Waals surface area contributed by atoms with E-state index in [2.05, 4.69) is 19.2 Å². The minimum atomic E-state index is 0.196. The molecule has 0 aromatic heterocycles. The molecular weight excluding hydrogens is 202 g/mol. The summed E-state index contributed by atoms with van der Waals surface area (Å²) in [5, 5.41) is 3.02. The molecule has 16 heavy (non-hydrogen) atoms. The van der Waals surface area contributed by atoms with Crippen LogP contribution in [0, 0.1) is 5.92 Å². The number of hydrogen-bond acceptors (Lipinski definition) is 2. The monoisotopic (exact) mass is 227 g/mol. The van der Waals surface area contributed by atoms with Crippen LogP contribution in [0.2, 0.25) is 0 Å². The first-order chi connectivity index (χ1) is 7.77. The van der Waals surface area contributed by atoms with Gasteiger partial charge in [0.1, 0.15) is 0 Å². The van der Waals surface area contributed by atoms with E-state index < -0.39 is 0 Å². The van der Waals surface area contributed by atoms with Crippen LogP contribution < -0.4 is 5.32 Å². The van der Waals surface area contributed by atoms with Crippen molar-refractivity contribution >= 4 is 5.91 Å². The summed E-state index contributed by atoms with van der Waals surface area (Å²) in [6.45, 7) is 5.80. The smallest absolute Gasteiger partial charge is 0.223 e. The predicted molar refractivity (Wildman–Crippen MR) is 65.3 cm³/mol. The molecule has 0 bridgehead atoms. The minimum absolute atomic E-state index is 0.196. The summed E-state index contributed by atoms with van der Waals surface area (Å²) in [5.74, 6) is 0.410. The second-order valence-corrected chi connectivity index (χ2v) is 4.63. The van der Waals surface area contributed by atoms with Crippen LogP contribution >= 0.6 is 0 Å². The molecule has 1 amide bonds. The number of carbonyl (C=O) groups excluding carboxylic acids is 1. The normalized spacial score (nSPS) is 22.0. The lowest BCUT2D eigenvalue weighted by atomic mass is 9.98. The van der Waals surface area contributed by atoms with Crippen LogP contribution in [0.3, 0.4) is 0 Å². The van der Waals surface area contributed by atoms with Crippen LogP contribution in [-0.2, 0) is 9.53 Å². The molecule has 0 aliphatic carbocycles. The fourth-order valence-electron chi connectivity index (χ4n) is 2.14. The fraction of sp³-hybridized carbons (Fsp3) is 0.923. The number of rotatable bonds is 7. The van der Waals surface area contributed by atoms with E-state index in [1.165, 1.54) is 0 Å². The largest absolute Gasteiger partial charge is 0.376 e. The third-order valence-corrected chi connectivity index (χ3v) is 3.30. The number of hydrogen-bond donors (Lipinski definition) is 1. The van der Waals surface area contributed by atoms with Gasteiger partial charge in [-0.2, -0.15) is 0 Å². The van der Waals surface area contributed by atoms with Crippen molar-refractivity contribution in [3.63, 3.8) is 0 Å². The average molecular weight is 227 g/mol. The van der Waals surface area contributed by atoms with Gasteiger partial charge in [-0.15, -0.1) is 0 Å². The topological polar surface area (TPSA) is 38.3 Å². The highest BCUT2D eigenvalue weighted by molar-refractivity contribution is 5.78. The predicted octanol–water partition coefficient (Wildman–Crippen LogP) is 2.50. The van der Waals surface area contributed by atoms with Crippen LogP contribution in [0.25, 0.3) is 0 Å². The van der Waals surface area contributed by atoms with Gasteiger partial charge in [-0.3, -0.25) is 4.79 Å². The van der Waals surface area contributed by atoms with Crippen molar-refractivity contribution in [3.05, 3.63) is 0 Å². The van der Waals surface area contributed by atoms with Crippen LogP contribution in [0.5, 0.6) is 0 Å². The maximum Gasteiger partial charge on any atom is 0.223 e. The Labute approximate surface area is 98.9 Å². The Morgan fingerprint density at radius 1 is 1.50 bits per heavy atom. The Balaban J connectivity index is 2.19. The fourth-order valence-corrected chi connectivity index (χ4v) is 2.14. The van der Waals surface area contributed by atoms with Gasteiger partial charge < -0.3 is 10.1 Å². The van der Waals surface area contributed by atoms with Crippen LogP contribution in [0.1, 0.15) is 52.4 Å². The van der Waals surface area contributed by atoms with E-state index in [1.807, 2.05) is 0 Å². The molecule has 1 N–H and O–H groups in total. The third-order valence-electron chi connectivity index (χ3n) is 3.30. The van der Waals surface area contributed by atoms with Crippen LogP contribution in [-0.4, -0.2) is 25.2 Å². The molecule has 1 fully saturated rings.